The van der Waals surface area contributed by atoms with Crippen molar-refractivity contribution in [3.63, 3.8) is 0 Å². The first-order valence-corrected chi connectivity index (χ1v) is 10.3. The molecule has 0 saturated carbocycles. The number of hydrogen-bond donors (Lipinski definition) is 0. The number of carbonyl (C=O) groups is 1. The number of hydrogen-bond acceptors (Lipinski definition) is 2. The Balaban J connectivity index is 2.05. The van der Waals surface area contributed by atoms with Crippen molar-refractivity contribution in [2.24, 2.45) is 0 Å². The van der Waals surface area contributed by atoms with Gasteiger partial charge in [0, 0.05) is 13.1 Å². The van der Waals surface area contributed by atoms with Crippen molar-refractivity contribution < 1.29 is 14.0 Å². The average Bonchev–Trinajstić information content (AvgIpc) is 2.84. The molecule has 0 atom stereocenters. The van der Waals surface area contributed by atoms with Gasteiger partial charge in [0.2, 0.25) is 0 Å². The van der Waals surface area contributed by atoms with Crippen molar-refractivity contribution in [1.29, 1.82) is 0 Å². The van der Waals surface area contributed by atoms with Gasteiger partial charge in [0.15, 0.2) is 6.54 Å². The lowest BCUT2D eigenvalue weighted by Crippen LogP contribution is -2.56. The molecule has 0 aliphatic carbocycles. The van der Waals surface area contributed by atoms with Crippen molar-refractivity contribution >= 4 is 5.91 Å². The summed E-state index contributed by atoms with van der Waals surface area (Å²) in [5, 5.41) is 0. The maximum Gasteiger partial charge on any atom is 0.277 e. The van der Waals surface area contributed by atoms with Gasteiger partial charge < -0.3 is 14.1 Å². The number of amides is 1. The largest absolute Gasteiger partial charge is 0.487 e. The van der Waals surface area contributed by atoms with E-state index in [1.807, 2.05) is 4.90 Å². The van der Waals surface area contributed by atoms with Gasteiger partial charge in [-0.15, -0.1) is 0 Å². The molecule has 0 aromatic heterocycles. The predicted octanol–water partition coefficient (Wildman–Crippen LogP) is 3.94. The van der Waals surface area contributed by atoms with E-state index < -0.39 is 0 Å². The second kappa shape index (κ2) is 9.96. The molecule has 0 N–H and O–H groups in total. The number of carbonyl (C=O) groups excluding carboxylic acids is 1. The fourth-order valence-corrected chi connectivity index (χ4v) is 4.15. The molecule has 1 fully saturated rings. The van der Waals surface area contributed by atoms with Crippen LogP contribution in [0.4, 0.5) is 0 Å². The highest BCUT2D eigenvalue weighted by molar-refractivity contribution is 5.77. The Bertz CT molecular complexity index is 553. The SMILES string of the molecule is CCN(CC)C(=O)C[N+]1(CCOc2c(C)cccc2C)CCCCCC1. The summed E-state index contributed by atoms with van der Waals surface area (Å²) in [7, 11) is 0. The van der Waals surface area contributed by atoms with Gasteiger partial charge in [0.1, 0.15) is 18.9 Å². The molecule has 146 valence electrons. The second-order valence-corrected chi connectivity index (χ2v) is 7.72. The third-order valence-corrected chi connectivity index (χ3v) is 5.82. The minimum atomic E-state index is 0.295. The van der Waals surface area contributed by atoms with E-state index in [-0.39, 0.29) is 0 Å². The van der Waals surface area contributed by atoms with E-state index in [0.717, 1.165) is 43.0 Å². The fourth-order valence-electron chi connectivity index (χ4n) is 4.15. The maximum absolute atomic E-state index is 12.8. The molecular formula is C22H37N2O2+. The number of aryl methyl sites for hydroxylation is 2. The molecule has 1 aromatic rings. The maximum atomic E-state index is 12.8. The van der Waals surface area contributed by atoms with E-state index in [1.165, 1.54) is 36.8 Å². The van der Waals surface area contributed by atoms with Crippen LogP contribution in [-0.4, -0.2) is 61.2 Å². The lowest BCUT2D eigenvalue weighted by atomic mass is 10.1. The lowest BCUT2D eigenvalue weighted by molar-refractivity contribution is -0.920. The van der Waals surface area contributed by atoms with Gasteiger partial charge in [-0.05, 0) is 64.5 Å². The van der Waals surface area contributed by atoms with Crippen molar-refractivity contribution in [3.8, 4) is 5.75 Å². The molecule has 0 spiro atoms. The van der Waals surface area contributed by atoms with Crippen LogP contribution in [0.25, 0.3) is 0 Å². The third kappa shape index (κ3) is 5.47. The van der Waals surface area contributed by atoms with Crippen LogP contribution in [0.5, 0.6) is 5.75 Å². The van der Waals surface area contributed by atoms with Gasteiger partial charge in [0.25, 0.3) is 5.91 Å². The number of para-hydroxylation sites is 1. The fraction of sp³-hybridized carbons (Fsp3) is 0.682. The second-order valence-electron chi connectivity index (χ2n) is 7.72. The van der Waals surface area contributed by atoms with Crippen LogP contribution in [0.1, 0.15) is 50.7 Å². The van der Waals surface area contributed by atoms with E-state index in [9.17, 15) is 4.79 Å². The Morgan fingerprint density at radius 2 is 1.62 bits per heavy atom. The molecule has 1 heterocycles. The van der Waals surface area contributed by atoms with E-state index in [0.29, 0.717) is 19.1 Å². The molecule has 0 bridgehead atoms. The van der Waals surface area contributed by atoms with Crippen LogP contribution in [0.3, 0.4) is 0 Å². The molecule has 4 nitrogen and oxygen atoms in total. The summed E-state index contributed by atoms with van der Waals surface area (Å²) in [6.45, 7) is 14.4. The number of likely N-dealkylation sites (N-methyl/N-ethyl adjacent to an activating group) is 1. The zero-order valence-electron chi connectivity index (χ0n) is 17.2. The molecule has 26 heavy (non-hydrogen) atoms. The van der Waals surface area contributed by atoms with E-state index in [4.69, 9.17) is 4.74 Å². The normalized spacial score (nSPS) is 16.8. The third-order valence-electron chi connectivity index (χ3n) is 5.82. The minimum absolute atomic E-state index is 0.295. The molecule has 1 saturated heterocycles. The number of ether oxygens (including phenoxy) is 1. The molecule has 1 aliphatic rings. The Labute approximate surface area is 159 Å². The molecule has 1 amide bonds. The highest BCUT2D eigenvalue weighted by atomic mass is 16.5. The topological polar surface area (TPSA) is 29.5 Å². The Morgan fingerprint density at radius 1 is 1.04 bits per heavy atom. The highest BCUT2D eigenvalue weighted by Gasteiger charge is 2.32. The predicted molar refractivity (Wildman–Crippen MR) is 108 cm³/mol. The van der Waals surface area contributed by atoms with Crippen molar-refractivity contribution in [1.82, 2.24) is 4.90 Å². The highest BCUT2D eigenvalue weighted by Crippen LogP contribution is 2.24. The van der Waals surface area contributed by atoms with Gasteiger partial charge in [-0.25, -0.2) is 0 Å². The summed E-state index contributed by atoms with van der Waals surface area (Å²) in [4.78, 5) is 14.8. The quantitative estimate of drug-likeness (QED) is 0.656. The van der Waals surface area contributed by atoms with Crippen LogP contribution in [0.2, 0.25) is 0 Å². The van der Waals surface area contributed by atoms with Gasteiger partial charge in [-0.3, -0.25) is 4.79 Å². The van der Waals surface area contributed by atoms with E-state index in [1.54, 1.807) is 0 Å². The zero-order chi connectivity index (χ0) is 19.0. The van der Waals surface area contributed by atoms with Crippen molar-refractivity contribution in [2.75, 3.05) is 45.9 Å². The van der Waals surface area contributed by atoms with Crippen LogP contribution in [0, 0.1) is 13.8 Å². The van der Waals surface area contributed by atoms with Crippen LogP contribution in [0.15, 0.2) is 18.2 Å². The number of rotatable bonds is 8. The lowest BCUT2D eigenvalue weighted by Gasteiger charge is -2.38. The zero-order valence-corrected chi connectivity index (χ0v) is 17.2. The van der Waals surface area contributed by atoms with Crippen molar-refractivity contribution in [3.05, 3.63) is 29.3 Å². The summed E-state index contributed by atoms with van der Waals surface area (Å²) >= 11 is 0. The summed E-state index contributed by atoms with van der Waals surface area (Å²) in [5.41, 5.74) is 2.37. The summed E-state index contributed by atoms with van der Waals surface area (Å²) in [6, 6.07) is 6.27. The van der Waals surface area contributed by atoms with Gasteiger partial charge in [0.05, 0.1) is 13.1 Å². The van der Waals surface area contributed by atoms with Crippen molar-refractivity contribution in [2.45, 2.75) is 53.4 Å². The monoisotopic (exact) mass is 361 g/mol. The summed E-state index contributed by atoms with van der Waals surface area (Å²) in [6.07, 6.45) is 5.01. The smallest absolute Gasteiger partial charge is 0.277 e. The minimum Gasteiger partial charge on any atom is -0.487 e. The van der Waals surface area contributed by atoms with Gasteiger partial charge in [-0.1, -0.05) is 18.2 Å². The van der Waals surface area contributed by atoms with Gasteiger partial charge in [-0.2, -0.15) is 0 Å². The average molecular weight is 362 g/mol. The molecule has 1 aliphatic heterocycles. The molecule has 2 rings (SSSR count). The number of quaternary nitrogens is 1. The molecule has 0 unspecified atom stereocenters. The first-order chi connectivity index (χ1) is 12.5. The molecule has 1 aromatic carbocycles. The molecular weight excluding hydrogens is 324 g/mol. The standard InChI is InChI=1S/C22H37N2O2/c1-5-23(6-2)21(25)18-24(14-9-7-8-10-15-24)16-17-26-22-19(3)12-11-13-20(22)4/h11-13H,5-10,14-18H2,1-4H3/q+1. The molecule has 4 heteroatoms. The van der Waals surface area contributed by atoms with Crippen LogP contribution in [-0.2, 0) is 4.79 Å². The van der Waals surface area contributed by atoms with Crippen LogP contribution >= 0.6 is 0 Å². The summed E-state index contributed by atoms with van der Waals surface area (Å²) in [5.74, 6) is 1.31. The first kappa shape index (κ1) is 20.8. The number of likely N-dealkylation sites (tertiary alicyclic amines) is 1. The van der Waals surface area contributed by atoms with Gasteiger partial charge >= 0.3 is 0 Å². The summed E-state index contributed by atoms with van der Waals surface area (Å²) < 4.78 is 7.08. The van der Waals surface area contributed by atoms with E-state index >= 15 is 0 Å². The van der Waals surface area contributed by atoms with E-state index in [2.05, 4.69) is 45.9 Å². The Kier molecular flexibility index (Phi) is 7.95. The van der Waals surface area contributed by atoms with Crippen LogP contribution < -0.4 is 4.74 Å². The number of nitrogens with zero attached hydrogens (tertiary/aromatic N) is 2. The first-order valence-electron chi connectivity index (χ1n) is 10.3. The Morgan fingerprint density at radius 3 is 2.15 bits per heavy atom. The Hall–Kier alpha value is -1.55. The number of benzene rings is 1. The molecule has 0 radical (unpaired) electrons.